The molecule has 9 nitrogen and oxygen atoms in total. The molecule has 0 fully saturated rings. The van der Waals surface area contributed by atoms with Gasteiger partial charge in [-0.05, 0) is 89.8 Å². The maximum Gasteiger partial charge on any atom is 0.333 e. The summed E-state index contributed by atoms with van der Waals surface area (Å²) in [7, 11) is 0. The van der Waals surface area contributed by atoms with Crippen molar-refractivity contribution in [1.82, 2.24) is 4.90 Å². The Morgan fingerprint density at radius 2 is 1.25 bits per heavy atom. The van der Waals surface area contributed by atoms with Gasteiger partial charge in [-0.1, -0.05) is 88.9 Å². The minimum Gasteiger partial charge on any atom is -0.481 e. The van der Waals surface area contributed by atoms with Gasteiger partial charge in [0.2, 0.25) is 0 Å². The van der Waals surface area contributed by atoms with Gasteiger partial charge in [0.05, 0.1) is 10.8 Å². The summed E-state index contributed by atoms with van der Waals surface area (Å²) in [5, 5.41) is 10.2. The van der Waals surface area contributed by atoms with Crippen LogP contribution in [0.1, 0.15) is 121 Å². The number of amides is 2. The van der Waals surface area contributed by atoms with Crippen LogP contribution >= 0.6 is 0 Å². The highest BCUT2D eigenvalue weighted by Crippen LogP contribution is 2.29. The van der Waals surface area contributed by atoms with Gasteiger partial charge in [-0.2, -0.15) is 0 Å². The summed E-state index contributed by atoms with van der Waals surface area (Å²) in [6, 6.07) is 21.7. The summed E-state index contributed by atoms with van der Waals surface area (Å²) in [4.78, 5) is 58.3. The molecule has 1 N–H and O–H groups in total. The number of carboxylic acid groups (broad SMARTS) is 1. The highest BCUT2D eigenvalue weighted by Gasteiger charge is 2.31. The zero-order valence-electron chi connectivity index (χ0n) is 32.1. The van der Waals surface area contributed by atoms with E-state index in [0.717, 1.165) is 10.8 Å². The Hall–Kier alpha value is -4.79. The number of benzene rings is 3. The molecule has 0 aliphatic carbocycles. The predicted octanol–water partition coefficient (Wildman–Crippen LogP) is 9.25. The number of esters is 2. The summed E-state index contributed by atoms with van der Waals surface area (Å²) in [6.45, 7) is 22.7. The van der Waals surface area contributed by atoms with E-state index in [9.17, 15) is 24.0 Å². The molecule has 0 saturated heterocycles. The number of carbonyl (C=O) groups excluding carboxylic acids is 4. The SMILES string of the molecule is C=C(C)C(=O)OCCOC(=O)C(C)(C)CC.CCC(C)(C)C(=O)O.CCC(C)c1ccccc1.CCN1C(=O)c2cccc3cccc(c23)C1=O. The zero-order valence-corrected chi connectivity index (χ0v) is 32.1. The normalized spacial score (nSPS) is 12.5. The Morgan fingerprint density at radius 1 is 0.765 bits per heavy atom. The fraction of sp³-hybridized carbons (Fsp3) is 0.452. The van der Waals surface area contributed by atoms with Gasteiger partial charge in [0.1, 0.15) is 13.2 Å². The van der Waals surface area contributed by atoms with Gasteiger partial charge < -0.3 is 14.6 Å². The summed E-state index contributed by atoms with van der Waals surface area (Å²) < 4.78 is 9.77. The average Bonchev–Trinajstić information content (AvgIpc) is 3.13. The first-order chi connectivity index (χ1) is 23.9. The van der Waals surface area contributed by atoms with Crippen molar-refractivity contribution in [2.45, 2.75) is 94.4 Å². The number of carboxylic acids is 1. The molecule has 0 radical (unpaired) electrons. The molecule has 3 aromatic carbocycles. The van der Waals surface area contributed by atoms with Gasteiger partial charge >= 0.3 is 17.9 Å². The number of carbonyl (C=O) groups is 5. The highest BCUT2D eigenvalue weighted by molar-refractivity contribution is 6.25. The standard InChI is InChI=1S/C14H11NO2.C12H20O4.C10H14.C6H12O2/c1-2-15-13(16)10-7-3-5-9-6-4-8-11(12(9)10)14(15)17;1-6-12(4,5)11(14)16-8-7-15-10(13)9(2)3;1-3-9(2)10-7-5-4-6-8-10;1-4-6(2,3)5(7)8/h3-8H,2H2,1H3;2,6-8H2,1,3-5H3;4-9H,3H2,1-2H3;4H2,1-3H3,(H,7,8). The highest BCUT2D eigenvalue weighted by atomic mass is 16.6. The lowest BCUT2D eigenvalue weighted by molar-refractivity contribution is -0.158. The summed E-state index contributed by atoms with van der Waals surface area (Å²) in [5.41, 5.74) is 2.00. The van der Waals surface area contributed by atoms with Crippen LogP contribution in [0.3, 0.4) is 0 Å². The molecule has 278 valence electrons. The second-order valence-corrected chi connectivity index (χ2v) is 13.6. The minimum absolute atomic E-state index is 0.0667. The van der Waals surface area contributed by atoms with Crippen molar-refractivity contribution in [3.63, 3.8) is 0 Å². The largest absolute Gasteiger partial charge is 0.481 e. The number of ether oxygens (including phenoxy) is 2. The Balaban J connectivity index is 0.000000355. The molecule has 1 heterocycles. The molecule has 1 atom stereocenters. The number of aliphatic carboxylic acids is 1. The fourth-order valence-corrected chi connectivity index (χ4v) is 4.27. The number of hydrogen-bond acceptors (Lipinski definition) is 7. The van der Waals surface area contributed by atoms with Crippen molar-refractivity contribution in [3.05, 3.63) is 95.6 Å². The van der Waals surface area contributed by atoms with Gasteiger partial charge in [0.25, 0.3) is 11.8 Å². The molecule has 51 heavy (non-hydrogen) atoms. The molecule has 9 heteroatoms. The van der Waals surface area contributed by atoms with E-state index < -0.39 is 22.8 Å². The summed E-state index contributed by atoms with van der Waals surface area (Å²) in [6.07, 6.45) is 2.61. The number of nitrogens with zero attached hydrogens (tertiary/aromatic N) is 1. The van der Waals surface area contributed by atoms with Crippen molar-refractivity contribution >= 4 is 40.5 Å². The molecule has 1 unspecified atom stereocenters. The van der Waals surface area contributed by atoms with Crippen LogP contribution in [0.15, 0.2) is 78.9 Å². The number of hydrogen-bond donors (Lipinski definition) is 1. The third kappa shape index (κ3) is 13.1. The Kier molecular flexibility index (Phi) is 18.0. The monoisotopic (exact) mass is 703 g/mol. The predicted molar refractivity (Wildman–Crippen MR) is 203 cm³/mol. The van der Waals surface area contributed by atoms with Crippen LogP contribution in [0.4, 0.5) is 0 Å². The molecule has 2 amide bonds. The fourth-order valence-electron chi connectivity index (χ4n) is 4.27. The van der Waals surface area contributed by atoms with Crippen LogP contribution in [0.2, 0.25) is 0 Å². The summed E-state index contributed by atoms with van der Waals surface area (Å²) >= 11 is 0. The molecule has 3 aromatic rings. The Bertz CT molecular complexity index is 1590. The van der Waals surface area contributed by atoms with E-state index in [0.29, 0.717) is 42.0 Å². The van der Waals surface area contributed by atoms with Crippen molar-refractivity contribution in [2.75, 3.05) is 19.8 Å². The zero-order chi connectivity index (χ0) is 38.9. The molecule has 4 rings (SSSR count). The maximum absolute atomic E-state index is 12.1. The van der Waals surface area contributed by atoms with Crippen molar-refractivity contribution in [3.8, 4) is 0 Å². The summed E-state index contributed by atoms with van der Waals surface area (Å²) in [5.74, 6) is -1.14. The van der Waals surface area contributed by atoms with Crippen molar-refractivity contribution in [1.29, 1.82) is 0 Å². The lowest BCUT2D eigenvalue weighted by atomic mass is 9.91. The van der Waals surface area contributed by atoms with E-state index in [1.807, 2.05) is 58.9 Å². The van der Waals surface area contributed by atoms with Crippen LogP contribution < -0.4 is 0 Å². The van der Waals surface area contributed by atoms with E-state index in [1.54, 1.807) is 32.9 Å². The van der Waals surface area contributed by atoms with E-state index >= 15 is 0 Å². The van der Waals surface area contributed by atoms with Gasteiger partial charge in [0, 0.05) is 28.6 Å². The lowest BCUT2D eigenvalue weighted by Crippen LogP contribution is -2.39. The second kappa shape index (κ2) is 20.8. The molecular weight excluding hydrogens is 646 g/mol. The van der Waals surface area contributed by atoms with E-state index in [2.05, 4.69) is 50.8 Å². The van der Waals surface area contributed by atoms with Crippen LogP contribution in [-0.2, 0) is 23.9 Å². The van der Waals surface area contributed by atoms with Crippen LogP contribution in [0.5, 0.6) is 0 Å². The first-order valence-corrected chi connectivity index (χ1v) is 17.6. The average molecular weight is 704 g/mol. The molecule has 1 aliphatic heterocycles. The second-order valence-electron chi connectivity index (χ2n) is 13.6. The first kappa shape index (κ1) is 44.2. The minimum atomic E-state index is -0.722. The van der Waals surface area contributed by atoms with Crippen LogP contribution in [-0.4, -0.2) is 59.5 Å². The molecule has 0 aromatic heterocycles. The van der Waals surface area contributed by atoms with E-state index in [4.69, 9.17) is 14.6 Å². The van der Waals surface area contributed by atoms with Gasteiger partial charge in [-0.25, -0.2) is 4.79 Å². The third-order valence-electron chi connectivity index (χ3n) is 8.95. The van der Waals surface area contributed by atoms with Gasteiger partial charge in [0.15, 0.2) is 0 Å². The molecule has 1 aliphatic rings. The lowest BCUT2D eigenvalue weighted by Gasteiger charge is -2.25. The first-order valence-electron chi connectivity index (χ1n) is 17.6. The molecule has 0 spiro atoms. The number of rotatable bonds is 11. The number of imide groups is 1. The Morgan fingerprint density at radius 3 is 1.65 bits per heavy atom. The topological polar surface area (TPSA) is 127 Å². The molecule has 0 saturated carbocycles. The Labute approximate surface area is 304 Å². The maximum atomic E-state index is 12.1. The quantitative estimate of drug-likeness (QED) is 0.0906. The third-order valence-corrected chi connectivity index (χ3v) is 8.95. The van der Waals surface area contributed by atoms with Gasteiger partial charge in [-0.15, -0.1) is 0 Å². The molecule has 0 bridgehead atoms. The van der Waals surface area contributed by atoms with E-state index in [1.165, 1.54) is 16.9 Å². The van der Waals surface area contributed by atoms with Crippen LogP contribution in [0.25, 0.3) is 10.8 Å². The van der Waals surface area contributed by atoms with Crippen molar-refractivity contribution < 1.29 is 38.6 Å². The molecular formula is C42H57NO8. The van der Waals surface area contributed by atoms with E-state index in [-0.39, 0.29) is 31.0 Å². The van der Waals surface area contributed by atoms with Crippen LogP contribution in [0, 0.1) is 10.8 Å². The van der Waals surface area contributed by atoms with Crippen molar-refractivity contribution in [2.24, 2.45) is 10.8 Å². The van der Waals surface area contributed by atoms with Gasteiger partial charge in [-0.3, -0.25) is 24.1 Å². The smallest absolute Gasteiger partial charge is 0.333 e.